The van der Waals surface area contributed by atoms with E-state index in [0.717, 1.165) is 41.7 Å². The highest BCUT2D eigenvalue weighted by Crippen LogP contribution is 2.28. The number of hydrogen-bond donors (Lipinski definition) is 2. The quantitative estimate of drug-likeness (QED) is 0.316. The summed E-state index contributed by atoms with van der Waals surface area (Å²) in [5, 5.41) is 7.92. The van der Waals surface area contributed by atoms with E-state index in [0.29, 0.717) is 36.2 Å². The normalized spacial score (nSPS) is 15.3. The van der Waals surface area contributed by atoms with Crippen LogP contribution in [0.3, 0.4) is 0 Å². The number of aromatic nitrogens is 2. The Morgan fingerprint density at radius 2 is 2.00 bits per heavy atom. The van der Waals surface area contributed by atoms with Crippen LogP contribution in [0.25, 0.3) is 10.9 Å². The number of carbonyl (C=O) groups excluding carboxylic acids is 1. The molecule has 8 nitrogen and oxygen atoms in total. The van der Waals surface area contributed by atoms with Crippen molar-refractivity contribution < 1.29 is 19.0 Å². The molecule has 9 heteroatoms. The minimum absolute atomic E-state index is 0.0592. The number of rotatable bonds is 11. The number of anilines is 1. The lowest BCUT2D eigenvalue weighted by molar-refractivity contribution is -0.118. The number of methoxy groups -OCH3 is 2. The van der Waals surface area contributed by atoms with Crippen LogP contribution in [-0.4, -0.2) is 61.6 Å². The van der Waals surface area contributed by atoms with Gasteiger partial charge in [0, 0.05) is 25.1 Å². The Morgan fingerprint density at radius 3 is 2.79 bits per heavy atom. The number of thioether (sulfide) groups is 1. The van der Waals surface area contributed by atoms with Gasteiger partial charge in [0.15, 0.2) is 16.7 Å². The third-order valence-corrected chi connectivity index (χ3v) is 6.47. The highest BCUT2D eigenvalue weighted by molar-refractivity contribution is 7.99. The summed E-state index contributed by atoms with van der Waals surface area (Å²) in [5.41, 5.74) is 1.91. The third kappa shape index (κ3) is 6.30. The average molecular weight is 483 g/mol. The van der Waals surface area contributed by atoms with E-state index in [9.17, 15) is 4.79 Å². The number of ether oxygens (including phenoxy) is 3. The number of benzene rings is 2. The van der Waals surface area contributed by atoms with Crippen LogP contribution in [0.4, 0.5) is 5.82 Å². The molecule has 1 aliphatic rings. The standard InChI is InChI=1S/C25H30N4O4S/c1-31-21-10-9-17(14-22(21)32-2)11-12-26-23(30)16-34-25-28-20-8-4-3-7-19(20)24(29-25)27-15-18-6-5-13-33-18/h3-4,7-10,14,18H,5-6,11-13,15-16H2,1-2H3,(H,26,30)(H,27,28,29)/t18-/m0/s1. The SMILES string of the molecule is COc1ccc(CCNC(=O)CSc2nc(NC[C@@H]3CCCO3)c3ccccc3n2)cc1OC. The molecule has 4 rings (SSSR count). The van der Waals surface area contributed by atoms with Gasteiger partial charge in [0.25, 0.3) is 0 Å². The molecule has 1 fully saturated rings. The number of nitrogens with one attached hydrogen (secondary N) is 2. The maximum Gasteiger partial charge on any atom is 0.230 e. The first-order valence-corrected chi connectivity index (χ1v) is 12.4. The predicted octanol–water partition coefficient (Wildman–Crippen LogP) is 3.69. The van der Waals surface area contributed by atoms with E-state index in [-0.39, 0.29) is 17.8 Å². The molecule has 34 heavy (non-hydrogen) atoms. The van der Waals surface area contributed by atoms with Crippen LogP contribution in [-0.2, 0) is 16.0 Å². The van der Waals surface area contributed by atoms with Gasteiger partial charge in [-0.3, -0.25) is 4.79 Å². The Balaban J connectivity index is 1.31. The van der Waals surface area contributed by atoms with Gasteiger partial charge in [-0.2, -0.15) is 0 Å². The lowest BCUT2D eigenvalue weighted by Crippen LogP contribution is -2.27. The van der Waals surface area contributed by atoms with Crippen molar-refractivity contribution in [2.24, 2.45) is 0 Å². The molecule has 1 amide bonds. The van der Waals surface area contributed by atoms with Crippen LogP contribution in [0.5, 0.6) is 11.5 Å². The molecule has 2 heterocycles. The number of para-hydroxylation sites is 1. The Kier molecular flexibility index (Phi) is 8.43. The van der Waals surface area contributed by atoms with Crippen LogP contribution in [0.15, 0.2) is 47.6 Å². The van der Waals surface area contributed by atoms with E-state index in [1.165, 1.54) is 11.8 Å². The minimum Gasteiger partial charge on any atom is -0.493 e. The molecule has 1 saturated heterocycles. The lowest BCUT2D eigenvalue weighted by atomic mass is 10.1. The first-order chi connectivity index (χ1) is 16.7. The molecule has 0 aliphatic carbocycles. The van der Waals surface area contributed by atoms with Crippen molar-refractivity contribution in [2.75, 3.05) is 45.0 Å². The highest BCUT2D eigenvalue weighted by atomic mass is 32.2. The Morgan fingerprint density at radius 1 is 1.15 bits per heavy atom. The Hall–Kier alpha value is -3.04. The van der Waals surface area contributed by atoms with Gasteiger partial charge in [-0.1, -0.05) is 30.0 Å². The number of carbonyl (C=O) groups is 1. The van der Waals surface area contributed by atoms with Gasteiger partial charge in [-0.25, -0.2) is 9.97 Å². The molecule has 1 aromatic heterocycles. The molecular weight excluding hydrogens is 452 g/mol. The summed E-state index contributed by atoms with van der Waals surface area (Å²) < 4.78 is 16.3. The monoisotopic (exact) mass is 482 g/mol. The van der Waals surface area contributed by atoms with E-state index in [1.807, 2.05) is 42.5 Å². The molecule has 1 atom stereocenters. The average Bonchev–Trinajstić information content (AvgIpc) is 3.39. The van der Waals surface area contributed by atoms with E-state index in [2.05, 4.69) is 20.6 Å². The lowest BCUT2D eigenvalue weighted by Gasteiger charge is -2.14. The summed E-state index contributed by atoms with van der Waals surface area (Å²) >= 11 is 1.33. The topological polar surface area (TPSA) is 94.6 Å². The molecular formula is C25H30N4O4S. The van der Waals surface area contributed by atoms with Crippen molar-refractivity contribution in [3.8, 4) is 11.5 Å². The van der Waals surface area contributed by atoms with Gasteiger partial charge in [0.1, 0.15) is 5.82 Å². The molecule has 0 saturated carbocycles. The van der Waals surface area contributed by atoms with Crippen molar-refractivity contribution in [1.82, 2.24) is 15.3 Å². The van der Waals surface area contributed by atoms with Crippen molar-refractivity contribution in [3.05, 3.63) is 48.0 Å². The molecule has 0 spiro atoms. The zero-order valence-corrected chi connectivity index (χ0v) is 20.3. The zero-order chi connectivity index (χ0) is 23.8. The fourth-order valence-corrected chi connectivity index (χ4v) is 4.51. The highest BCUT2D eigenvalue weighted by Gasteiger charge is 2.17. The van der Waals surface area contributed by atoms with Crippen LogP contribution in [0.1, 0.15) is 18.4 Å². The molecule has 0 bridgehead atoms. The minimum atomic E-state index is -0.0592. The third-order valence-electron chi connectivity index (χ3n) is 5.62. The first kappa shape index (κ1) is 24.1. The molecule has 2 N–H and O–H groups in total. The summed E-state index contributed by atoms with van der Waals surface area (Å²) in [6.45, 7) is 2.06. The second kappa shape index (κ2) is 11.9. The largest absolute Gasteiger partial charge is 0.493 e. The molecule has 180 valence electrons. The van der Waals surface area contributed by atoms with Crippen molar-refractivity contribution in [3.63, 3.8) is 0 Å². The van der Waals surface area contributed by atoms with Crippen molar-refractivity contribution in [2.45, 2.75) is 30.5 Å². The molecule has 1 aliphatic heterocycles. The predicted molar refractivity (Wildman–Crippen MR) is 134 cm³/mol. The van der Waals surface area contributed by atoms with E-state index < -0.39 is 0 Å². The fourth-order valence-electron chi connectivity index (χ4n) is 3.83. The summed E-state index contributed by atoms with van der Waals surface area (Å²) in [4.78, 5) is 21.7. The summed E-state index contributed by atoms with van der Waals surface area (Å²) in [7, 11) is 3.22. The van der Waals surface area contributed by atoms with Crippen LogP contribution in [0, 0.1) is 0 Å². The Bertz CT molecular complexity index is 1120. The van der Waals surface area contributed by atoms with Crippen molar-refractivity contribution >= 4 is 34.4 Å². The molecule has 0 unspecified atom stereocenters. The van der Waals surface area contributed by atoms with Gasteiger partial charge in [-0.05, 0) is 49.1 Å². The van der Waals surface area contributed by atoms with E-state index in [1.54, 1.807) is 14.2 Å². The molecule has 2 aromatic carbocycles. The Labute approximate surface area is 203 Å². The van der Waals surface area contributed by atoms with Crippen LogP contribution in [0.2, 0.25) is 0 Å². The smallest absolute Gasteiger partial charge is 0.230 e. The van der Waals surface area contributed by atoms with Crippen molar-refractivity contribution in [1.29, 1.82) is 0 Å². The maximum atomic E-state index is 12.4. The van der Waals surface area contributed by atoms with Gasteiger partial charge in [0.2, 0.25) is 5.91 Å². The number of hydrogen-bond acceptors (Lipinski definition) is 8. The van der Waals surface area contributed by atoms with E-state index in [4.69, 9.17) is 14.2 Å². The van der Waals surface area contributed by atoms with Crippen LogP contribution >= 0.6 is 11.8 Å². The number of amides is 1. The molecule has 3 aromatic rings. The summed E-state index contributed by atoms with van der Waals surface area (Å²) in [6, 6.07) is 13.7. The first-order valence-electron chi connectivity index (χ1n) is 11.4. The molecule has 0 radical (unpaired) electrons. The van der Waals surface area contributed by atoms with Gasteiger partial charge in [-0.15, -0.1) is 0 Å². The van der Waals surface area contributed by atoms with Gasteiger partial charge < -0.3 is 24.8 Å². The summed E-state index contributed by atoms with van der Waals surface area (Å²) in [5.74, 6) is 2.33. The van der Waals surface area contributed by atoms with Gasteiger partial charge in [0.05, 0.1) is 31.6 Å². The van der Waals surface area contributed by atoms with Crippen LogP contribution < -0.4 is 20.1 Å². The van der Waals surface area contributed by atoms with E-state index >= 15 is 0 Å². The number of fused-ring (bicyclic) bond motifs is 1. The zero-order valence-electron chi connectivity index (χ0n) is 19.5. The second-order valence-corrected chi connectivity index (χ2v) is 8.91. The van der Waals surface area contributed by atoms with Gasteiger partial charge >= 0.3 is 0 Å². The summed E-state index contributed by atoms with van der Waals surface area (Å²) in [6.07, 6.45) is 3.06. The maximum absolute atomic E-state index is 12.4. The number of nitrogens with zero attached hydrogens (tertiary/aromatic N) is 2. The fraction of sp³-hybridized carbons (Fsp3) is 0.400. The second-order valence-electron chi connectivity index (χ2n) is 7.97.